The Labute approximate surface area is 384 Å². The molecule has 7 rings (SSSR count). The van der Waals surface area contributed by atoms with Crippen molar-refractivity contribution >= 4 is 29.8 Å². The minimum atomic E-state index is -2.32. The average Bonchev–Trinajstić information content (AvgIpc) is 3.81. The maximum Gasteiger partial charge on any atom is 0.408 e. The lowest BCUT2D eigenvalue weighted by molar-refractivity contribution is -0.346. The summed E-state index contributed by atoms with van der Waals surface area (Å²) in [6.07, 6.45) is -9.64. The largest absolute Gasteiger partial charge is 0.467 e. The molecule has 18 nitrogen and oxygen atoms in total. The van der Waals surface area contributed by atoms with E-state index < -0.39 is 112 Å². The van der Waals surface area contributed by atoms with Crippen molar-refractivity contribution in [3.05, 3.63) is 71.2 Å². The molecular weight excluding hydrogens is 861 g/mol. The van der Waals surface area contributed by atoms with Crippen molar-refractivity contribution in [1.29, 1.82) is 0 Å². The zero-order valence-electron chi connectivity index (χ0n) is 38.9. The van der Waals surface area contributed by atoms with Crippen molar-refractivity contribution in [2.75, 3.05) is 46.1 Å². The quantitative estimate of drug-likeness (QED) is 0.128. The summed E-state index contributed by atoms with van der Waals surface area (Å²) in [5, 5.41) is 40.4. The number of hydrogen-bond acceptors (Lipinski definition) is 17. The number of esters is 3. The van der Waals surface area contributed by atoms with Gasteiger partial charge in [-0.25, -0.2) is 14.4 Å². The molecule has 11 atom stereocenters. The number of alkyl carbamates (subject to hydrolysis) is 1. The molecule has 2 aliphatic heterocycles. The Hall–Kier alpha value is -4.69. The van der Waals surface area contributed by atoms with Crippen LogP contribution in [0.5, 0.6) is 0 Å². The third-order valence-electron chi connectivity index (χ3n) is 14.3. The van der Waals surface area contributed by atoms with Gasteiger partial charge in [-0.2, -0.15) is 0 Å². The number of carbonyl (C=O) groups excluding carboxylic acids is 5. The lowest BCUT2D eigenvalue weighted by Crippen LogP contribution is -2.82. The van der Waals surface area contributed by atoms with Gasteiger partial charge >= 0.3 is 24.0 Å². The number of furan rings is 1. The molecule has 3 aliphatic carbocycles. The van der Waals surface area contributed by atoms with E-state index in [-0.39, 0.29) is 43.0 Å². The van der Waals surface area contributed by atoms with Crippen LogP contribution in [0.4, 0.5) is 4.79 Å². The van der Waals surface area contributed by atoms with E-state index in [1.54, 1.807) is 66.7 Å². The molecule has 0 unspecified atom stereocenters. The minimum Gasteiger partial charge on any atom is -0.467 e. The van der Waals surface area contributed by atoms with Crippen molar-refractivity contribution in [2.24, 2.45) is 16.7 Å². The van der Waals surface area contributed by atoms with Gasteiger partial charge in [0.25, 0.3) is 0 Å². The van der Waals surface area contributed by atoms with Crippen LogP contribution in [0.15, 0.2) is 64.3 Å². The van der Waals surface area contributed by atoms with E-state index in [1.165, 1.54) is 37.5 Å². The Morgan fingerprint density at radius 3 is 2.32 bits per heavy atom. The van der Waals surface area contributed by atoms with Crippen LogP contribution in [0.25, 0.3) is 0 Å². The monoisotopic (exact) mass is 924 g/mol. The number of Topliss-reactive ketones (excluding diaryl/α,β-unsaturated/α-hetero) is 1. The number of benzene rings is 1. The SMILES string of the molecule is CCC(=O)O[C@@]12CO[C@@H]1C[C@H](O)[C@@]1(C)C(=O)[C@H](OCCN3CCOCC3)C3=C(C)[C@@H](OC(=O)[C@H](O)[C@H](NC(=O)OC(C)(C)C)c4ccco4)C[C@@](O)([C@@H](OC(=O)c4ccccc4)[C@H]21)C3(C)C. The van der Waals surface area contributed by atoms with Crippen LogP contribution in [0.3, 0.4) is 0 Å². The second kappa shape index (κ2) is 18.8. The fourth-order valence-corrected chi connectivity index (χ4v) is 10.6. The topological polar surface area (TPSA) is 239 Å². The predicted molar refractivity (Wildman–Crippen MR) is 231 cm³/mol. The van der Waals surface area contributed by atoms with Crippen LogP contribution in [-0.2, 0) is 47.5 Å². The van der Waals surface area contributed by atoms with Crippen LogP contribution >= 0.6 is 0 Å². The van der Waals surface area contributed by atoms with Crippen molar-refractivity contribution < 1.29 is 76.9 Å². The average molecular weight is 925 g/mol. The van der Waals surface area contributed by atoms with Gasteiger partial charge in [-0.1, -0.05) is 39.0 Å². The summed E-state index contributed by atoms with van der Waals surface area (Å²) in [4.78, 5) is 73.4. The van der Waals surface area contributed by atoms with Gasteiger partial charge in [-0.3, -0.25) is 14.5 Å². The van der Waals surface area contributed by atoms with Crippen LogP contribution in [0.1, 0.15) is 96.8 Å². The van der Waals surface area contributed by atoms with Crippen LogP contribution in [0.2, 0.25) is 0 Å². The van der Waals surface area contributed by atoms with Crippen LogP contribution in [0, 0.1) is 16.7 Å². The molecule has 2 aromatic rings. The molecule has 362 valence electrons. The Kier molecular flexibility index (Phi) is 14.0. The second-order valence-corrected chi connectivity index (χ2v) is 19.7. The number of aliphatic hydroxyl groups is 3. The highest BCUT2D eigenvalue weighted by Gasteiger charge is 2.78. The van der Waals surface area contributed by atoms with E-state index in [4.69, 9.17) is 37.6 Å². The van der Waals surface area contributed by atoms with Gasteiger partial charge in [0, 0.05) is 44.3 Å². The molecule has 2 bridgehead atoms. The first-order valence-corrected chi connectivity index (χ1v) is 22.7. The van der Waals surface area contributed by atoms with Gasteiger partial charge in [0.2, 0.25) is 0 Å². The lowest BCUT2D eigenvalue weighted by Gasteiger charge is -2.67. The number of rotatable bonds is 13. The maximum atomic E-state index is 16.0. The molecule has 2 saturated heterocycles. The number of nitrogens with zero attached hydrogens (tertiary/aromatic N) is 1. The number of morpholine rings is 1. The number of fused-ring (bicyclic) bond motifs is 5. The molecule has 1 aromatic carbocycles. The van der Waals surface area contributed by atoms with Gasteiger partial charge in [-0.15, -0.1) is 0 Å². The normalized spacial score (nSPS) is 32.8. The van der Waals surface area contributed by atoms with E-state index >= 15 is 4.79 Å². The number of ether oxygens (including phenoxy) is 7. The summed E-state index contributed by atoms with van der Waals surface area (Å²) in [6.45, 7) is 15.4. The van der Waals surface area contributed by atoms with Crippen molar-refractivity contribution in [2.45, 2.75) is 134 Å². The highest BCUT2D eigenvalue weighted by Crippen LogP contribution is 2.64. The summed E-state index contributed by atoms with van der Waals surface area (Å²) >= 11 is 0. The first-order chi connectivity index (χ1) is 31.1. The number of aliphatic hydroxyl groups excluding tert-OH is 2. The van der Waals surface area contributed by atoms with Crippen molar-refractivity contribution in [1.82, 2.24) is 10.2 Å². The summed E-state index contributed by atoms with van der Waals surface area (Å²) in [6, 6.07) is 9.44. The highest BCUT2D eigenvalue weighted by atomic mass is 16.6. The second-order valence-electron chi connectivity index (χ2n) is 19.7. The zero-order valence-corrected chi connectivity index (χ0v) is 38.9. The van der Waals surface area contributed by atoms with E-state index in [9.17, 15) is 34.5 Å². The van der Waals surface area contributed by atoms with E-state index in [0.717, 1.165) is 0 Å². The van der Waals surface area contributed by atoms with Crippen molar-refractivity contribution in [3.63, 3.8) is 0 Å². The molecule has 0 spiro atoms. The number of nitrogens with one attached hydrogen (secondary N) is 1. The molecule has 4 fully saturated rings. The Morgan fingerprint density at radius 2 is 1.71 bits per heavy atom. The smallest absolute Gasteiger partial charge is 0.408 e. The van der Waals surface area contributed by atoms with E-state index in [0.29, 0.717) is 38.4 Å². The third-order valence-corrected chi connectivity index (χ3v) is 14.3. The number of amides is 1. The van der Waals surface area contributed by atoms with Gasteiger partial charge in [0.1, 0.15) is 47.4 Å². The first kappa shape index (κ1) is 49.2. The minimum absolute atomic E-state index is 0.000466. The first-order valence-electron chi connectivity index (χ1n) is 22.7. The summed E-state index contributed by atoms with van der Waals surface area (Å²) in [7, 11) is 0. The maximum absolute atomic E-state index is 16.0. The highest BCUT2D eigenvalue weighted by molar-refractivity contribution is 5.94. The van der Waals surface area contributed by atoms with E-state index in [2.05, 4.69) is 10.2 Å². The molecule has 2 saturated carbocycles. The molecule has 0 radical (unpaired) electrons. The Balaban J connectivity index is 1.38. The van der Waals surface area contributed by atoms with Crippen LogP contribution in [-0.4, -0.2) is 149 Å². The predicted octanol–water partition coefficient (Wildman–Crippen LogP) is 3.60. The summed E-state index contributed by atoms with van der Waals surface area (Å²) < 4.78 is 48.1. The third kappa shape index (κ3) is 8.93. The molecule has 3 heterocycles. The fourth-order valence-electron chi connectivity index (χ4n) is 10.6. The van der Waals surface area contributed by atoms with Gasteiger partial charge in [-0.05, 0) is 70.0 Å². The van der Waals surface area contributed by atoms with Gasteiger partial charge in [0.15, 0.2) is 17.5 Å². The molecule has 1 aromatic heterocycles. The standard InChI is InChI=1S/C48H64N2O16/c1-9-33(52)65-47-26-62-32(47)24-31(51)46(8)38(47)40(64-41(55)28-14-11-10-12-15-28)48(58)25-30(63-42(56)36(53)35(29-16-13-20-60-29)49-43(57)66-44(3,4)5)27(2)34(45(48,6)7)37(39(46)54)61-23-19-50-17-21-59-22-18-50/h10-16,20,30-32,35-38,40,51,53,58H,9,17-19,21-26H2,1-8H3,(H,49,57)/t30-,31-,32+,35+,36+,37+,38-,40-,46+,47-,48+/m0/s1. The van der Waals surface area contributed by atoms with Crippen LogP contribution < -0.4 is 5.32 Å². The fraction of sp³-hybridized carbons (Fsp3) is 0.646. The van der Waals surface area contributed by atoms with E-state index in [1.807, 2.05) is 0 Å². The van der Waals surface area contributed by atoms with Crippen molar-refractivity contribution in [3.8, 4) is 0 Å². The van der Waals surface area contributed by atoms with Gasteiger partial charge in [0.05, 0.1) is 55.7 Å². The number of carbonyl (C=O) groups is 5. The zero-order chi connectivity index (χ0) is 48.0. The Morgan fingerprint density at radius 1 is 1.02 bits per heavy atom. The molecule has 1 amide bonds. The molecular formula is C48H64N2O16. The Bertz CT molecular complexity index is 2150. The summed E-state index contributed by atoms with van der Waals surface area (Å²) in [5.74, 6) is -4.90. The number of ketones is 1. The molecule has 18 heteroatoms. The molecule has 5 aliphatic rings. The summed E-state index contributed by atoms with van der Waals surface area (Å²) in [5.41, 5.74) is -7.86. The lowest BCUT2D eigenvalue weighted by atomic mass is 9.44. The molecule has 66 heavy (non-hydrogen) atoms. The molecule has 4 N–H and O–H groups in total. The number of hydrogen-bond donors (Lipinski definition) is 4. The van der Waals surface area contributed by atoms with Gasteiger partial charge < -0.3 is 58.2 Å².